The molecule has 0 rings (SSSR count). The summed E-state index contributed by atoms with van der Waals surface area (Å²) in [4.78, 5) is 37.3. The molecule has 0 aromatic rings. The second kappa shape index (κ2) is 11.3. The Morgan fingerprint density at radius 2 is 1.00 bits per heavy atom. The van der Waals surface area contributed by atoms with Gasteiger partial charge in [-0.3, -0.25) is 0 Å². The first-order valence-corrected chi connectivity index (χ1v) is 4.38. The molecule has 0 N–H and O–H groups in total. The summed E-state index contributed by atoms with van der Waals surface area (Å²) in [6.07, 6.45) is 0. The molecule has 0 aliphatic rings. The van der Waals surface area contributed by atoms with Gasteiger partial charge in [0.25, 0.3) is 0 Å². The van der Waals surface area contributed by atoms with E-state index in [1.807, 2.05) is 0 Å². The van der Waals surface area contributed by atoms with Crippen molar-refractivity contribution in [3.8, 4) is 0 Å². The van der Waals surface area contributed by atoms with Crippen molar-refractivity contribution in [2.45, 2.75) is 0 Å². The van der Waals surface area contributed by atoms with E-state index in [1.54, 1.807) is 0 Å². The molecule has 0 unspecified atom stereocenters. The molecule has 0 atom stereocenters. The molecule has 7 nitrogen and oxygen atoms in total. The zero-order valence-electron chi connectivity index (χ0n) is 7.75. The molecule has 0 radical (unpaired) electrons. The van der Waals surface area contributed by atoms with Gasteiger partial charge < -0.3 is 33.0 Å². The predicted octanol–water partition coefficient (Wildman–Crippen LogP) is -12.2. The van der Waals surface area contributed by atoms with E-state index >= 15 is 0 Å². The summed E-state index contributed by atoms with van der Waals surface area (Å²) < 4.78 is 21.2. The van der Waals surface area contributed by atoms with Crippen LogP contribution < -0.4 is 174 Å². The number of rotatable bonds is 2. The van der Waals surface area contributed by atoms with Crippen LogP contribution in [0.4, 0.5) is 0 Å². The molecule has 0 saturated carbocycles. The maximum atomic E-state index is 9.32. The van der Waals surface area contributed by atoms with Crippen LogP contribution in [0.2, 0.25) is 0 Å². The average Bonchev–Trinajstić information content (AvgIpc) is 1.14. The van der Waals surface area contributed by atoms with Crippen LogP contribution in [-0.4, -0.2) is 0 Å². The van der Waals surface area contributed by atoms with Gasteiger partial charge in [-0.1, -0.05) is 0 Å². The zero-order valence-corrected chi connectivity index (χ0v) is 17.9. The number of hydrogen-bond acceptors (Lipinski definition) is 7. The molecule has 0 heterocycles. The predicted molar refractivity (Wildman–Crippen MR) is 17.4 cm³/mol. The van der Waals surface area contributed by atoms with Gasteiger partial charge in [0.05, 0.1) is 15.6 Å². The maximum absolute atomic E-state index is 9.32. The quantitative estimate of drug-likeness (QED) is 0.364. The van der Waals surface area contributed by atoms with Crippen molar-refractivity contribution in [2.75, 3.05) is 0 Å². The third kappa shape index (κ3) is 24.4. The van der Waals surface area contributed by atoms with Crippen LogP contribution in [0.5, 0.6) is 0 Å². The van der Waals surface area contributed by atoms with Crippen LogP contribution in [0, 0.1) is 0 Å². The molecule has 0 aromatic heterocycles. The first kappa shape index (κ1) is 25.9. The van der Waals surface area contributed by atoms with Crippen molar-refractivity contribution in [3.05, 3.63) is 0 Å². The van der Waals surface area contributed by atoms with Crippen LogP contribution in [0.15, 0.2) is 0 Å². The smallest absolute Gasteiger partial charge is 0.790 e. The third-order valence-electron chi connectivity index (χ3n) is 0.200. The van der Waals surface area contributed by atoms with Gasteiger partial charge in [0.1, 0.15) is 0 Å². The molecule has 0 fully saturated rings. The van der Waals surface area contributed by atoms with Crippen LogP contribution in [0.3, 0.4) is 0 Å². The van der Waals surface area contributed by atoms with Crippen LogP contribution in [0.1, 0.15) is 1.43 Å². The molecule has 0 spiro atoms. The Morgan fingerprint density at radius 1 is 0.833 bits per heavy atom. The minimum absolute atomic E-state index is 0. The minimum atomic E-state index is -5.68. The van der Waals surface area contributed by atoms with Crippen molar-refractivity contribution in [1.29, 1.82) is 0 Å². The van der Waals surface area contributed by atoms with E-state index in [0.29, 0.717) is 0 Å². The van der Waals surface area contributed by atoms with Gasteiger partial charge in [0.2, 0.25) is 0 Å². The van der Waals surface area contributed by atoms with Crippen molar-refractivity contribution >= 4 is 15.6 Å². The first-order chi connectivity index (χ1) is 3.71. The molecule has 0 amide bonds. The molecule has 0 aliphatic heterocycles. The zero-order chi connectivity index (χ0) is 7.71. The van der Waals surface area contributed by atoms with E-state index in [4.69, 9.17) is 0 Å². The summed E-state index contributed by atoms with van der Waals surface area (Å²) in [5.41, 5.74) is 0. The summed E-state index contributed by atoms with van der Waals surface area (Å²) >= 11 is 0. The first-order valence-electron chi connectivity index (χ1n) is 1.46. The molecule has 56 valence electrons. The van der Waals surface area contributed by atoms with Gasteiger partial charge in [-0.25, -0.2) is 0 Å². The summed E-state index contributed by atoms with van der Waals surface area (Å²) in [6.45, 7) is 0. The minimum Gasteiger partial charge on any atom is -0.790 e. The van der Waals surface area contributed by atoms with Crippen LogP contribution >= 0.6 is 15.6 Å². The van der Waals surface area contributed by atoms with Gasteiger partial charge in [-0.2, -0.15) is 0 Å². The second-order valence-electron chi connectivity index (χ2n) is 0.976. The molecule has 0 saturated heterocycles. The Morgan fingerprint density at radius 3 is 1.00 bits per heavy atom. The number of hydrogen-bond donors (Lipinski definition) is 0. The summed E-state index contributed by atoms with van der Waals surface area (Å²) in [6, 6.07) is 0. The Hall–Kier alpha value is 5.17. The Labute approximate surface area is 198 Å². The summed E-state index contributed by atoms with van der Waals surface area (Å²) in [7, 11) is -11.4. The van der Waals surface area contributed by atoms with Gasteiger partial charge >= 0.3 is 156 Å². The van der Waals surface area contributed by atoms with Gasteiger partial charge in [0, 0.05) is 0 Å². The molecule has 0 bridgehead atoms. The topological polar surface area (TPSA) is 136 Å². The monoisotopic (exact) mass is 292 g/mol. The SMILES string of the molecule is O=P([O-])([O-])OP(=O)([O-])[O-].[H+].[K+].[K+].[K+]. The fourth-order valence-corrected chi connectivity index (χ4v) is 1.10. The van der Waals surface area contributed by atoms with E-state index in [2.05, 4.69) is 4.31 Å². The summed E-state index contributed by atoms with van der Waals surface area (Å²) in [5.74, 6) is 0. The normalized spacial score (nSPS) is 10.3. The fourth-order valence-electron chi connectivity index (χ4n) is 0.122. The Kier molecular flexibility index (Phi) is 24.3. The van der Waals surface area contributed by atoms with Crippen molar-refractivity contribution < 1.29 is 189 Å². The largest absolute Gasteiger partial charge is 1.00 e. The molecule has 12 heteroatoms. The average molecular weight is 292 g/mol. The van der Waals surface area contributed by atoms with Gasteiger partial charge in [-0.15, -0.1) is 0 Å². The van der Waals surface area contributed by atoms with E-state index in [-0.39, 0.29) is 156 Å². The van der Waals surface area contributed by atoms with E-state index in [9.17, 15) is 28.7 Å². The number of phosphoric acid groups is 2. The van der Waals surface area contributed by atoms with Gasteiger partial charge in [0.15, 0.2) is 0 Å². The Balaban J connectivity index is -0.0000000533. The van der Waals surface area contributed by atoms with Crippen molar-refractivity contribution in [1.82, 2.24) is 0 Å². The van der Waals surface area contributed by atoms with E-state index in [1.165, 1.54) is 0 Å². The molecule has 12 heavy (non-hydrogen) atoms. The van der Waals surface area contributed by atoms with E-state index < -0.39 is 15.6 Å². The molecule has 0 aliphatic carbocycles. The second-order valence-corrected chi connectivity index (χ2v) is 3.42. The Bertz CT molecular complexity index is 162. The van der Waals surface area contributed by atoms with Crippen molar-refractivity contribution in [3.63, 3.8) is 0 Å². The standard InChI is InChI=1S/3K.H4O7P2/c;;;1-8(2,3)7-9(4,5)6/h;;;(H2,1,2,3)(H2,4,5,6)/q3*+1;/p-3. The van der Waals surface area contributed by atoms with Crippen LogP contribution in [0.25, 0.3) is 0 Å². The fraction of sp³-hybridized carbons (Fsp3) is 0. The van der Waals surface area contributed by atoms with Gasteiger partial charge in [-0.05, 0) is 0 Å². The summed E-state index contributed by atoms with van der Waals surface area (Å²) in [5, 5.41) is 0. The molecular weight excluding hydrogens is 291 g/mol. The maximum Gasteiger partial charge on any atom is 1.00 e. The van der Waals surface area contributed by atoms with Crippen molar-refractivity contribution in [2.24, 2.45) is 0 Å². The van der Waals surface area contributed by atoms with E-state index in [0.717, 1.165) is 0 Å². The molecule has 0 aromatic carbocycles. The van der Waals surface area contributed by atoms with Crippen LogP contribution in [-0.2, 0) is 13.4 Å². The third-order valence-corrected chi connectivity index (χ3v) is 1.80. The molecular formula is HK3O7P2.